The summed E-state index contributed by atoms with van der Waals surface area (Å²) < 4.78 is 34.2. The molecule has 1 aliphatic carbocycles. The number of rotatable bonds is 8. The van der Waals surface area contributed by atoms with Gasteiger partial charge in [-0.05, 0) is 51.5 Å². The van der Waals surface area contributed by atoms with Gasteiger partial charge in [0, 0.05) is 57.2 Å². The van der Waals surface area contributed by atoms with Crippen molar-refractivity contribution in [3.8, 4) is 0 Å². The zero-order valence-electron chi connectivity index (χ0n) is 22.2. The number of amides is 1. The Morgan fingerprint density at radius 1 is 1.17 bits per heavy atom. The van der Waals surface area contributed by atoms with Gasteiger partial charge in [-0.2, -0.15) is 8.78 Å². The molecule has 0 radical (unpaired) electrons. The number of hydrogen-bond donors (Lipinski definition) is 1. The van der Waals surface area contributed by atoms with Crippen LogP contribution in [0, 0.1) is 5.92 Å². The number of carbonyl (C=O) groups is 1. The molecule has 2 heterocycles. The van der Waals surface area contributed by atoms with Crippen molar-refractivity contribution in [1.29, 1.82) is 0 Å². The lowest BCUT2D eigenvalue weighted by Crippen LogP contribution is -2.52. The van der Waals surface area contributed by atoms with Gasteiger partial charge in [-0.15, -0.1) is 0 Å². The van der Waals surface area contributed by atoms with Crippen LogP contribution in [0.15, 0.2) is 6.07 Å². The highest BCUT2D eigenvalue weighted by molar-refractivity contribution is 5.73. The summed E-state index contributed by atoms with van der Waals surface area (Å²) in [4.78, 5) is 24.8. The topological polar surface area (TPSA) is 70.6 Å². The lowest BCUT2D eigenvalue weighted by Gasteiger charge is -2.41. The Hall–Kier alpha value is -1.87. The Kier molecular flexibility index (Phi) is 9.07. The molecule has 9 heteroatoms. The van der Waals surface area contributed by atoms with Crippen LogP contribution >= 0.6 is 0 Å². The molecule has 2 aliphatic rings. The fraction of sp³-hybridized carbons (Fsp3) is 0.808. The minimum atomic E-state index is -3.17. The number of halogens is 2. The fourth-order valence-electron chi connectivity index (χ4n) is 5.14. The molecule has 1 saturated heterocycles. The Morgan fingerprint density at radius 2 is 1.86 bits per heavy atom. The highest BCUT2D eigenvalue weighted by atomic mass is 19.3. The van der Waals surface area contributed by atoms with Crippen LogP contribution in [0.5, 0.6) is 0 Å². The predicted molar refractivity (Wildman–Crippen MR) is 134 cm³/mol. The molecule has 1 saturated carbocycles. The number of methoxy groups -OCH3 is 1. The van der Waals surface area contributed by atoms with Gasteiger partial charge in [0.15, 0.2) is 0 Å². The minimum Gasteiger partial charge on any atom is -0.378 e. The van der Waals surface area contributed by atoms with Crippen molar-refractivity contribution >= 4 is 11.7 Å². The van der Waals surface area contributed by atoms with Gasteiger partial charge >= 0.3 is 5.92 Å². The zero-order valence-corrected chi connectivity index (χ0v) is 22.2. The summed E-state index contributed by atoms with van der Waals surface area (Å²) in [7, 11) is 1.27. The largest absolute Gasteiger partial charge is 0.378 e. The molecule has 7 nitrogen and oxygen atoms in total. The van der Waals surface area contributed by atoms with Crippen molar-refractivity contribution in [2.45, 2.75) is 90.1 Å². The number of ether oxygens (including phenoxy) is 1. The van der Waals surface area contributed by atoms with Gasteiger partial charge in [-0.3, -0.25) is 9.69 Å². The minimum absolute atomic E-state index is 0.0630. The van der Waals surface area contributed by atoms with E-state index in [-0.39, 0.29) is 11.6 Å². The number of alkyl halides is 2. The van der Waals surface area contributed by atoms with Gasteiger partial charge < -0.3 is 15.0 Å². The van der Waals surface area contributed by atoms with E-state index in [2.05, 4.69) is 27.0 Å². The Labute approximate surface area is 209 Å². The monoisotopic (exact) mass is 495 g/mol. The predicted octanol–water partition coefficient (Wildman–Crippen LogP) is 4.11. The first kappa shape index (κ1) is 27.7. The second-order valence-corrected chi connectivity index (χ2v) is 11.4. The van der Waals surface area contributed by atoms with E-state index in [4.69, 9.17) is 9.72 Å². The molecular formula is C26H43F2N5O2. The SMILES string of the molecule is COCC(F)(F)c1cc(N2CCN(CCC3CCC(NC(C)=O)CC3)C(C)C2)nc(C(C)(C)C)n1. The van der Waals surface area contributed by atoms with Crippen molar-refractivity contribution in [2.24, 2.45) is 5.92 Å². The molecule has 1 atom stereocenters. The second-order valence-electron chi connectivity index (χ2n) is 11.4. The molecule has 35 heavy (non-hydrogen) atoms. The molecule has 1 aliphatic heterocycles. The number of anilines is 1. The van der Waals surface area contributed by atoms with Gasteiger partial charge in [-0.1, -0.05) is 20.8 Å². The first-order valence-electron chi connectivity index (χ1n) is 12.9. The number of nitrogens with one attached hydrogen (secondary N) is 1. The number of aromatic nitrogens is 2. The quantitative estimate of drug-likeness (QED) is 0.585. The van der Waals surface area contributed by atoms with Gasteiger partial charge in [-0.25, -0.2) is 9.97 Å². The number of piperazine rings is 1. The highest BCUT2D eigenvalue weighted by Crippen LogP contribution is 2.32. The third-order valence-electron chi connectivity index (χ3n) is 7.25. The van der Waals surface area contributed by atoms with E-state index >= 15 is 0 Å². The summed E-state index contributed by atoms with van der Waals surface area (Å²) in [6.07, 6.45) is 5.61. The maximum atomic E-state index is 14.7. The molecule has 1 aromatic rings. The molecule has 1 unspecified atom stereocenters. The molecule has 0 spiro atoms. The first-order chi connectivity index (χ1) is 16.4. The smallest absolute Gasteiger partial charge is 0.312 e. The van der Waals surface area contributed by atoms with Crippen LogP contribution in [0.1, 0.15) is 78.2 Å². The van der Waals surface area contributed by atoms with E-state index in [1.54, 1.807) is 6.92 Å². The molecule has 198 valence electrons. The number of nitrogens with zero attached hydrogens (tertiary/aromatic N) is 4. The third-order valence-corrected chi connectivity index (χ3v) is 7.25. The molecule has 0 aromatic carbocycles. The van der Waals surface area contributed by atoms with Crippen molar-refractivity contribution < 1.29 is 18.3 Å². The number of carbonyl (C=O) groups excluding carboxylic acids is 1. The van der Waals surface area contributed by atoms with E-state index < -0.39 is 17.9 Å². The lowest BCUT2D eigenvalue weighted by atomic mass is 9.84. The molecular weight excluding hydrogens is 452 g/mol. The maximum Gasteiger partial charge on any atom is 0.312 e. The van der Waals surface area contributed by atoms with E-state index in [1.165, 1.54) is 13.2 Å². The fourth-order valence-corrected chi connectivity index (χ4v) is 5.14. The van der Waals surface area contributed by atoms with Crippen LogP contribution in [0.2, 0.25) is 0 Å². The van der Waals surface area contributed by atoms with Crippen molar-refractivity contribution in [3.63, 3.8) is 0 Å². The average molecular weight is 496 g/mol. The van der Waals surface area contributed by atoms with Crippen LogP contribution in [0.25, 0.3) is 0 Å². The third kappa shape index (κ3) is 7.56. The van der Waals surface area contributed by atoms with E-state index in [0.29, 0.717) is 29.6 Å². The zero-order chi connectivity index (χ0) is 25.8. The molecule has 1 aromatic heterocycles. The summed E-state index contributed by atoms with van der Waals surface area (Å²) >= 11 is 0. The van der Waals surface area contributed by atoms with E-state index in [1.807, 2.05) is 20.8 Å². The number of hydrogen-bond acceptors (Lipinski definition) is 6. The molecule has 2 fully saturated rings. The summed E-state index contributed by atoms with van der Waals surface area (Å²) in [5.41, 5.74) is -0.723. The maximum absolute atomic E-state index is 14.7. The molecule has 0 bridgehead atoms. The van der Waals surface area contributed by atoms with Crippen molar-refractivity contribution in [3.05, 3.63) is 17.6 Å². The average Bonchev–Trinajstić information content (AvgIpc) is 2.78. The van der Waals surface area contributed by atoms with E-state index in [9.17, 15) is 13.6 Å². The van der Waals surface area contributed by atoms with Crippen LogP contribution in [0.4, 0.5) is 14.6 Å². The van der Waals surface area contributed by atoms with Crippen LogP contribution < -0.4 is 10.2 Å². The van der Waals surface area contributed by atoms with Crippen molar-refractivity contribution in [1.82, 2.24) is 20.2 Å². The van der Waals surface area contributed by atoms with Gasteiger partial charge in [0.25, 0.3) is 0 Å². The van der Waals surface area contributed by atoms with Crippen LogP contribution in [-0.2, 0) is 20.9 Å². The van der Waals surface area contributed by atoms with Gasteiger partial charge in [0.2, 0.25) is 5.91 Å². The molecule has 1 amide bonds. The summed E-state index contributed by atoms with van der Waals surface area (Å²) in [5.74, 6) is -1.41. The summed E-state index contributed by atoms with van der Waals surface area (Å²) in [6.45, 7) is 12.3. The normalized spacial score (nSPS) is 24.5. The Balaban J connectivity index is 1.61. The van der Waals surface area contributed by atoms with Crippen LogP contribution in [-0.4, -0.2) is 72.8 Å². The van der Waals surface area contributed by atoms with Gasteiger partial charge in [0.1, 0.15) is 23.9 Å². The Morgan fingerprint density at radius 3 is 2.43 bits per heavy atom. The molecule has 3 rings (SSSR count). The second kappa shape index (κ2) is 11.5. The highest BCUT2D eigenvalue weighted by Gasteiger charge is 2.37. The summed E-state index contributed by atoms with van der Waals surface area (Å²) in [5, 5.41) is 3.05. The van der Waals surface area contributed by atoms with Crippen LogP contribution in [0.3, 0.4) is 0 Å². The standard InChI is InChI=1S/C26H43F2N5O2/c1-18-16-33(14-13-32(18)12-11-20-7-9-21(10-8-20)29-19(2)34)23-15-22(26(27,28)17-35-6)30-24(31-23)25(3,4)5/h15,18,20-21H,7-14,16-17H2,1-6H3,(H,29,34). The molecule has 1 N–H and O–H groups in total. The lowest BCUT2D eigenvalue weighted by molar-refractivity contribution is -0.119. The van der Waals surface area contributed by atoms with Gasteiger partial charge in [0.05, 0.1) is 0 Å². The van der Waals surface area contributed by atoms with E-state index in [0.717, 1.165) is 58.3 Å². The first-order valence-corrected chi connectivity index (χ1v) is 12.9. The Bertz CT molecular complexity index is 853. The van der Waals surface area contributed by atoms with Crippen molar-refractivity contribution in [2.75, 3.05) is 44.8 Å². The summed E-state index contributed by atoms with van der Waals surface area (Å²) in [6, 6.07) is 2.07.